The molecule has 0 spiro atoms. The molecule has 2 saturated heterocycles. The first kappa shape index (κ1) is 28.1. The van der Waals surface area contributed by atoms with Gasteiger partial charge in [-0.15, -0.1) is 0 Å². The lowest BCUT2D eigenvalue weighted by Gasteiger charge is -2.45. The number of nitrogens with one attached hydrogen (secondary N) is 2. The molecule has 0 aromatic carbocycles. The maximum absolute atomic E-state index is 12.7. The van der Waals surface area contributed by atoms with Crippen LogP contribution in [0.15, 0.2) is 4.99 Å². The summed E-state index contributed by atoms with van der Waals surface area (Å²) in [5, 5.41) is 25.7. The monoisotopic (exact) mass is 510 g/mol. The largest absolute Gasteiger partial charge is 0.444 e. The predicted molar refractivity (Wildman–Crippen MR) is 126 cm³/mol. The second-order valence-electron chi connectivity index (χ2n) is 12.0. The first-order valence-electron chi connectivity index (χ1n) is 12.1. The number of amides is 2. The van der Waals surface area contributed by atoms with Crippen LogP contribution in [0.5, 0.6) is 0 Å². The molecule has 1 saturated carbocycles. The quantitative estimate of drug-likeness (QED) is 0.356. The molecular weight excluding hydrogens is 472 g/mol. The molecule has 3 aliphatic rings. The van der Waals surface area contributed by atoms with Gasteiger partial charge in [-0.25, -0.2) is 14.6 Å². The maximum atomic E-state index is 12.7. The molecule has 2 amide bonds. The van der Waals surface area contributed by atoms with E-state index in [0.29, 0.717) is 6.42 Å². The van der Waals surface area contributed by atoms with E-state index in [1.54, 1.807) is 55.4 Å². The standard InChI is InChI=1S/C24H38N4O8/c1-12-10-13-17(29)32-14(11-25)24(13,16-15(12)33-23(8,9)34-16)28-18(26-19(30)35-21(2,3)4)27-20(31)36-22(5,6)7/h12-17,29H,10H2,1-9H3,(H2,26,27,28,30,31)/t12-,13-,14-,15-,16-,17+,24+/m1/s1. The van der Waals surface area contributed by atoms with Crippen LogP contribution in [0.2, 0.25) is 0 Å². The van der Waals surface area contributed by atoms with Crippen LogP contribution in [-0.2, 0) is 23.7 Å². The van der Waals surface area contributed by atoms with E-state index in [1.165, 1.54) is 0 Å². The average Bonchev–Trinajstić information content (AvgIpc) is 3.13. The van der Waals surface area contributed by atoms with Crippen molar-refractivity contribution in [3.05, 3.63) is 0 Å². The van der Waals surface area contributed by atoms with E-state index >= 15 is 0 Å². The van der Waals surface area contributed by atoms with E-state index in [0.717, 1.165) is 0 Å². The number of rotatable bonds is 1. The van der Waals surface area contributed by atoms with Crippen LogP contribution < -0.4 is 10.6 Å². The van der Waals surface area contributed by atoms with Gasteiger partial charge in [0, 0.05) is 5.92 Å². The molecule has 202 valence electrons. The molecule has 3 N–H and O–H groups in total. The van der Waals surface area contributed by atoms with E-state index < -0.39 is 65.2 Å². The smallest absolute Gasteiger partial charge is 0.414 e. The van der Waals surface area contributed by atoms with Gasteiger partial charge in [-0.1, -0.05) is 6.92 Å². The Morgan fingerprint density at radius 3 is 2.06 bits per heavy atom. The minimum atomic E-state index is -1.52. The predicted octanol–water partition coefficient (Wildman–Crippen LogP) is 2.55. The van der Waals surface area contributed by atoms with Crippen LogP contribution in [0, 0.1) is 23.2 Å². The number of aliphatic hydroxyl groups excluding tert-OH is 1. The van der Waals surface area contributed by atoms with Gasteiger partial charge in [0.05, 0.1) is 12.2 Å². The number of alkyl carbamates (subject to hydrolysis) is 2. The second-order valence-corrected chi connectivity index (χ2v) is 12.0. The van der Waals surface area contributed by atoms with Gasteiger partial charge in [-0.3, -0.25) is 10.6 Å². The Hall–Kier alpha value is -2.46. The van der Waals surface area contributed by atoms with Crippen molar-refractivity contribution < 1.29 is 38.4 Å². The SMILES string of the molecule is C[C@@H]1C[C@@H]2[C@@H](O)O[C@H](C#N)[C@]2(N=C(NC(=O)OC(C)(C)C)NC(=O)OC(C)(C)C)[C@@H]2OC(C)(C)O[C@H]12. The lowest BCUT2D eigenvalue weighted by atomic mass is 9.65. The minimum Gasteiger partial charge on any atom is -0.444 e. The van der Waals surface area contributed by atoms with Crippen molar-refractivity contribution in [2.24, 2.45) is 16.8 Å². The number of carbonyl (C=O) groups excluding carboxylic acids is 2. The van der Waals surface area contributed by atoms with Crippen LogP contribution in [0.1, 0.15) is 68.7 Å². The van der Waals surface area contributed by atoms with Crippen LogP contribution in [0.3, 0.4) is 0 Å². The fourth-order valence-corrected chi connectivity index (χ4v) is 4.95. The van der Waals surface area contributed by atoms with Crippen LogP contribution in [-0.4, -0.2) is 70.4 Å². The number of hydrogen-bond acceptors (Lipinski definition) is 10. The molecule has 12 nitrogen and oxygen atoms in total. The Morgan fingerprint density at radius 1 is 1.06 bits per heavy atom. The first-order valence-corrected chi connectivity index (χ1v) is 12.1. The fraction of sp³-hybridized carbons (Fsp3) is 0.833. The summed E-state index contributed by atoms with van der Waals surface area (Å²) >= 11 is 0. The molecule has 0 bridgehead atoms. The molecular formula is C24H38N4O8. The third kappa shape index (κ3) is 5.91. The molecule has 7 atom stereocenters. The molecule has 0 aromatic rings. The third-order valence-electron chi connectivity index (χ3n) is 6.07. The van der Waals surface area contributed by atoms with Gasteiger partial charge >= 0.3 is 12.2 Å². The normalized spacial score (nSPS) is 35.0. The van der Waals surface area contributed by atoms with Gasteiger partial charge in [0.2, 0.25) is 5.96 Å². The maximum Gasteiger partial charge on any atom is 0.414 e. The summed E-state index contributed by atoms with van der Waals surface area (Å²) < 4.78 is 28.7. The number of aliphatic hydroxyl groups is 1. The summed E-state index contributed by atoms with van der Waals surface area (Å²) in [5.41, 5.74) is -3.18. The Labute approximate surface area is 211 Å². The Balaban J connectivity index is 2.10. The minimum absolute atomic E-state index is 0.0538. The second kappa shape index (κ2) is 9.45. The molecule has 1 aliphatic carbocycles. The number of aliphatic imine (C=N–C) groups is 1. The van der Waals surface area contributed by atoms with Crippen LogP contribution in [0.25, 0.3) is 0 Å². The lowest BCUT2D eigenvalue weighted by molar-refractivity contribution is -0.153. The number of fused-ring (bicyclic) bond motifs is 3. The van der Waals surface area contributed by atoms with Crippen LogP contribution >= 0.6 is 0 Å². The zero-order valence-electron chi connectivity index (χ0n) is 22.4. The van der Waals surface area contributed by atoms with Crippen molar-refractivity contribution in [2.75, 3.05) is 0 Å². The van der Waals surface area contributed by atoms with Crippen molar-refractivity contribution in [2.45, 2.75) is 116 Å². The summed E-state index contributed by atoms with van der Waals surface area (Å²) in [6.07, 6.45) is -5.25. The van der Waals surface area contributed by atoms with Gasteiger partial charge in [0.15, 0.2) is 18.2 Å². The van der Waals surface area contributed by atoms with Crippen molar-refractivity contribution >= 4 is 18.1 Å². The first-order chi connectivity index (χ1) is 16.4. The molecule has 12 heteroatoms. The molecule has 0 unspecified atom stereocenters. The number of nitriles is 1. The fourth-order valence-electron chi connectivity index (χ4n) is 4.95. The topological polar surface area (TPSA) is 161 Å². The number of guanidine groups is 1. The molecule has 36 heavy (non-hydrogen) atoms. The summed E-state index contributed by atoms with van der Waals surface area (Å²) in [4.78, 5) is 30.0. The number of ether oxygens (including phenoxy) is 5. The Morgan fingerprint density at radius 2 is 1.58 bits per heavy atom. The molecule has 2 heterocycles. The lowest BCUT2D eigenvalue weighted by Crippen LogP contribution is -2.63. The molecule has 3 rings (SSSR count). The highest BCUT2D eigenvalue weighted by atomic mass is 16.8. The molecule has 0 radical (unpaired) electrons. The summed E-state index contributed by atoms with van der Waals surface area (Å²) in [5.74, 6) is -2.07. The highest BCUT2D eigenvalue weighted by molar-refractivity contribution is 6.01. The molecule has 3 fully saturated rings. The van der Waals surface area contributed by atoms with E-state index in [2.05, 4.69) is 16.7 Å². The summed E-state index contributed by atoms with van der Waals surface area (Å²) in [6, 6.07) is 2.06. The Kier molecular flexibility index (Phi) is 7.38. The van der Waals surface area contributed by atoms with Crippen molar-refractivity contribution in [3.63, 3.8) is 0 Å². The van der Waals surface area contributed by atoms with Crippen molar-refractivity contribution in [1.29, 1.82) is 5.26 Å². The average molecular weight is 511 g/mol. The zero-order valence-corrected chi connectivity index (χ0v) is 22.4. The highest BCUT2D eigenvalue weighted by Crippen LogP contribution is 2.55. The van der Waals surface area contributed by atoms with Gasteiger partial charge in [-0.05, 0) is 67.7 Å². The van der Waals surface area contributed by atoms with E-state index in [1.807, 2.05) is 6.92 Å². The van der Waals surface area contributed by atoms with E-state index in [4.69, 9.17) is 28.7 Å². The van der Waals surface area contributed by atoms with Gasteiger partial charge in [-0.2, -0.15) is 5.26 Å². The number of hydrogen-bond donors (Lipinski definition) is 3. The molecule has 0 aromatic heterocycles. The van der Waals surface area contributed by atoms with Crippen LogP contribution in [0.4, 0.5) is 9.59 Å². The number of nitrogens with zero attached hydrogens (tertiary/aromatic N) is 2. The van der Waals surface area contributed by atoms with Gasteiger partial charge in [0.25, 0.3) is 0 Å². The summed E-state index contributed by atoms with van der Waals surface area (Å²) in [6.45, 7) is 15.6. The van der Waals surface area contributed by atoms with Gasteiger partial charge in [0.1, 0.15) is 22.8 Å². The third-order valence-corrected chi connectivity index (χ3v) is 6.07. The molecule has 2 aliphatic heterocycles. The van der Waals surface area contributed by atoms with Crippen molar-refractivity contribution in [1.82, 2.24) is 10.6 Å². The van der Waals surface area contributed by atoms with Gasteiger partial charge < -0.3 is 28.8 Å². The Bertz CT molecular complexity index is 915. The van der Waals surface area contributed by atoms with E-state index in [-0.39, 0.29) is 11.9 Å². The number of carbonyl (C=O) groups is 2. The zero-order chi connectivity index (χ0) is 27.3. The highest BCUT2D eigenvalue weighted by Gasteiger charge is 2.70. The summed E-state index contributed by atoms with van der Waals surface area (Å²) in [7, 11) is 0. The van der Waals surface area contributed by atoms with E-state index in [9.17, 15) is 20.0 Å². The van der Waals surface area contributed by atoms with Crippen molar-refractivity contribution in [3.8, 4) is 6.07 Å².